The minimum Gasteiger partial charge on any atom is -0.352 e. The molecule has 0 unspecified atom stereocenters. The Bertz CT molecular complexity index is 527. The van der Waals surface area contributed by atoms with E-state index in [4.69, 9.17) is 32.7 Å². The summed E-state index contributed by atoms with van der Waals surface area (Å²) in [7, 11) is 0. The Morgan fingerprint density at radius 2 is 1.62 bits per heavy atom. The van der Waals surface area contributed by atoms with Gasteiger partial charge in [0.25, 0.3) is 0 Å². The SMILES string of the molecule is CCCC1COC(C2CCC(c3cc(Cl)c(F)c(Cl)c3)CC2)OC1. The molecule has 5 heteroatoms. The summed E-state index contributed by atoms with van der Waals surface area (Å²) in [6, 6.07) is 3.44. The smallest absolute Gasteiger partial charge is 0.160 e. The largest absolute Gasteiger partial charge is 0.352 e. The van der Waals surface area contributed by atoms with Crippen molar-refractivity contribution in [3.63, 3.8) is 0 Å². The highest BCUT2D eigenvalue weighted by molar-refractivity contribution is 6.35. The average Bonchev–Trinajstić information content (AvgIpc) is 2.60. The summed E-state index contributed by atoms with van der Waals surface area (Å²) in [5.41, 5.74) is 1.04. The fourth-order valence-corrected chi connectivity index (χ4v) is 4.44. The van der Waals surface area contributed by atoms with Crippen molar-refractivity contribution in [2.75, 3.05) is 13.2 Å². The Hall–Kier alpha value is -0.350. The van der Waals surface area contributed by atoms with Gasteiger partial charge in [0.05, 0.1) is 23.3 Å². The molecule has 0 N–H and O–H groups in total. The van der Waals surface area contributed by atoms with E-state index < -0.39 is 5.82 Å². The van der Waals surface area contributed by atoms with E-state index >= 15 is 0 Å². The molecular formula is C19H25Cl2FO2. The molecule has 0 atom stereocenters. The summed E-state index contributed by atoms with van der Waals surface area (Å²) < 4.78 is 25.5. The molecule has 1 aliphatic heterocycles. The molecule has 1 aliphatic carbocycles. The van der Waals surface area contributed by atoms with Crippen LogP contribution in [0, 0.1) is 17.7 Å². The molecule has 0 bridgehead atoms. The highest BCUT2D eigenvalue weighted by Crippen LogP contribution is 2.40. The van der Waals surface area contributed by atoms with Crippen LogP contribution in [0.25, 0.3) is 0 Å². The molecule has 3 rings (SSSR count). The Kier molecular flexibility index (Phi) is 6.42. The van der Waals surface area contributed by atoms with Gasteiger partial charge in [0.2, 0.25) is 0 Å². The number of hydrogen-bond acceptors (Lipinski definition) is 2. The van der Waals surface area contributed by atoms with E-state index in [0.29, 0.717) is 17.8 Å². The van der Waals surface area contributed by atoms with E-state index in [0.717, 1.165) is 44.5 Å². The van der Waals surface area contributed by atoms with Gasteiger partial charge in [-0.2, -0.15) is 0 Å². The first-order valence-corrected chi connectivity index (χ1v) is 9.71. The van der Waals surface area contributed by atoms with E-state index in [1.165, 1.54) is 12.8 Å². The number of halogens is 3. The molecule has 1 saturated heterocycles. The zero-order valence-corrected chi connectivity index (χ0v) is 15.6. The third kappa shape index (κ3) is 4.24. The van der Waals surface area contributed by atoms with Crippen molar-refractivity contribution in [2.45, 2.75) is 57.7 Å². The van der Waals surface area contributed by atoms with E-state index in [1.807, 2.05) is 0 Å². The minimum absolute atomic E-state index is 0.0561. The fraction of sp³-hybridized carbons (Fsp3) is 0.684. The molecule has 1 heterocycles. The third-order valence-corrected chi connectivity index (χ3v) is 5.87. The molecule has 2 nitrogen and oxygen atoms in total. The number of rotatable bonds is 4. The molecule has 2 fully saturated rings. The molecule has 1 saturated carbocycles. The van der Waals surface area contributed by atoms with E-state index in [1.54, 1.807) is 12.1 Å². The predicted octanol–water partition coefficient (Wildman–Crippen LogP) is 6.20. The van der Waals surface area contributed by atoms with Gasteiger partial charge in [-0.3, -0.25) is 0 Å². The molecule has 0 radical (unpaired) electrons. The lowest BCUT2D eigenvalue weighted by Crippen LogP contribution is -2.38. The van der Waals surface area contributed by atoms with Crippen molar-refractivity contribution in [3.05, 3.63) is 33.6 Å². The van der Waals surface area contributed by atoms with Crippen LogP contribution < -0.4 is 0 Å². The van der Waals surface area contributed by atoms with Crippen LogP contribution in [-0.2, 0) is 9.47 Å². The van der Waals surface area contributed by atoms with E-state index in [-0.39, 0.29) is 16.3 Å². The molecule has 0 aromatic heterocycles. The zero-order valence-electron chi connectivity index (χ0n) is 14.1. The number of ether oxygens (including phenoxy) is 2. The minimum atomic E-state index is -0.526. The first-order valence-electron chi connectivity index (χ1n) is 8.96. The Morgan fingerprint density at radius 1 is 1.04 bits per heavy atom. The molecule has 1 aromatic rings. The summed E-state index contributed by atoms with van der Waals surface area (Å²) >= 11 is 11.9. The van der Waals surface area contributed by atoms with Gasteiger partial charge < -0.3 is 9.47 Å². The highest BCUT2D eigenvalue weighted by atomic mass is 35.5. The fourth-order valence-electron chi connectivity index (χ4n) is 3.94. The van der Waals surface area contributed by atoms with Crippen LogP contribution in [-0.4, -0.2) is 19.5 Å². The van der Waals surface area contributed by atoms with Gasteiger partial charge in [-0.25, -0.2) is 4.39 Å². The first-order chi connectivity index (χ1) is 11.6. The summed E-state index contributed by atoms with van der Waals surface area (Å²) in [5.74, 6) is 0.857. The first kappa shape index (κ1) is 18.4. The monoisotopic (exact) mass is 374 g/mol. The topological polar surface area (TPSA) is 18.5 Å². The van der Waals surface area contributed by atoms with Crippen LogP contribution >= 0.6 is 23.2 Å². The second-order valence-corrected chi connectivity index (χ2v) is 7.91. The zero-order chi connectivity index (χ0) is 17.1. The Morgan fingerprint density at radius 3 is 2.17 bits per heavy atom. The van der Waals surface area contributed by atoms with Crippen molar-refractivity contribution in [1.29, 1.82) is 0 Å². The molecule has 0 amide bonds. The van der Waals surface area contributed by atoms with E-state index in [2.05, 4.69) is 6.92 Å². The van der Waals surface area contributed by atoms with Gasteiger partial charge in [-0.1, -0.05) is 36.5 Å². The molecule has 0 spiro atoms. The van der Waals surface area contributed by atoms with Gasteiger partial charge in [-0.15, -0.1) is 0 Å². The molecular weight excluding hydrogens is 350 g/mol. The van der Waals surface area contributed by atoms with Gasteiger partial charge in [0, 0.05) is 11.8 Å². The lowest BCUT2D eigenvalue weighted by Gasteiger charge is -2.37. The predicted molar refractivity (Wildman–Crippen MR) is 95.2 cm³/mol. The maximum absolute atomic E-state index is 13.6. The molecule has 1 aromatic carbocycles. The van der Waals surface area contributed by atoms with Crippen molar-refractivity contribution in [3.8, 4) is 0 Å². The summed E-state index contributed by atoms with van der Waals surface area (Å²) in [6.07, 6.45) is 6.47. The van der Waals surface area contributed by atoms with Gasteiger partial charge >= 0.3 is 0 Å². The molecule has 134 valence electrons. The molecule has 24 heavy (non-hydrogen) atoms. The Balaban J connectivity index is 1.53. The van der Waals surface area contributed by atoms with Gasteiger partial charge in [0.1, 0.15) is 0 Å². The second kappa shape index (κ2) is 8.35. The quantitative estimate of drug-likeness (QED) is 0.584. The van der Waals surface area contributed by atoms with Crippen LogP contribution in [0.4, 0.5) is 4.39 Å². The van der Waals surface area contributed by atoms with Crippen molar-refractivity contribution in [2.24, 2.45) is 11.8 Å². The Labute approximate surface area is 153 Å². The van der Waals surface area contributed by atoms with Crippen molar-refractivity contribution in [1.82, 2.24) is 0 Å². The maximum atomic E-state index is 13.6. The van der Waals surface area contributed by atoms with Gasteiger partial charge in [-0.05, 0) is 55.7 Å². The van der Waals surface area contributed by atoms with Crippen LogP contribution in [0.5, 0.6) is 0 Å². The van der Waals surface area contributed by atoms with E-state index in [9.17, 15) is 4.39 Å². The van der Waals surface area contributed by atoms with Crippen LogP contribution in [0.15, 0.2) is 12.1 Å². The maximum Gasteiger partial charge on any atom is 0.160 e. The third-order valence-electron chi connectivity index (χ3n) is 5.32. The van der Waals surface area contributed by atoms with Crippen LogP contribution in [0.1, 0.15) is 56.9 Å². The van der Waals surface area contributed by atoms with Crippen LogP contribution in [0.2, 0.25) is 10.0 Å². The van der Waals surface area contributed by atoms with Gasteiger partial charge in [0.15, 0.2) is 12.1 Å². The van der Waals surface area contributed by atoms with Crippen molar-refractivity contribution >= 4 is 23.2 Å². The summed E-state index contributed by atoms with van der Waals surface area (Å²) in [5, 5.41) is 0.223. The average molecular weight is 375 g/mol. The number of hydrogen-bond donors (Lipinski definition) is 0. The van der Waals surface area contributed by atoms with Crippen molar-refractivity contribution < 1.29 is 13.9 Å². The molecule has 2 aliphatic rings. The normalized spacial score (nSPS) is 31.2. The summed E-state index contributed by atoms with van der Waals surface area (Å²) in [4.78, 5) is 0. The summed E-state index contributed by atoms with van der Waals surface area (Å²) in [6.45, 7) is 3.84. The second-order valence-electron chi connectivity index (χ2n) is 7.10. The number of benzene rings is 1. The lowest BCUT2D eigenvalue weighted by molar-refractivity contribution is -0.229. The standard InChI is InChI=1S/C19H25Cl2FO2/c1-2-3-12-10-23-19(24-11-12)14-6-4-13(5-7-14)15-8-16(20)18(22)17(21)9-15/h8-9,12-14,19H,2-7,10-11H2,1H3. The lowest BCUT2D eigenvalue weighted by atomic mass is 9.78. The highest BCUT2D eigenvalue weighted by Gasteiger charge is 2.33. The van der Waals surface area contributed by atoms with Crippen LogP contribution in [0.3, 0.4) is 0 Å².